The molecule has 3 N–H and O–H groups in total. The molecule has 0 atom stereocenters. The van der Waals surface area contributed by atoms with Gasteiger partial charge in [-0.3, -0.25) is 0 Å². The van der Waals surface area contributed by atoms with Gasteiger partial charge in [0.1, 0.15) is 5.75 Å². The smallest absolute Gasteiger partial charge is 0.323 e. The fourth-order valence-electron chi connectivity index (χ4n) is 3.45. The quantitative estimate of drug-likeness (QED) is 0.188. The van der Waals surface area contributed by atoms with Crippen molar-refractivity contribution in [3.05, 3.63) is 84.5 Å². The Labute approximate surface area is 227 Å². The molecular weight excluding hydrogens is 524 g/mol. The molecule has 2 amide bonds. The molecule has 0 fully saturated rings. The molecule has 10 nitrogen and oxygen atoms in total. The number of amides is 2. The molecule has 0 aliphatic heterocycles. The average molecular weight is 547 g/mol. The maximum atomic E-state index is 12.6. The first-order valence-corrected chi connectivity index (χ1v) is 12.9. The molecule has 5 rings (SSSR count). The lowest BCUT2D eigenvalue weighted by Crippen LogP contribution is -2.20. The number of nitrogens with one attached hydrogen (secondary N) is 3. The zero-order valence-electron chi connectivity index (χ0n) is 20.3. The topological polar surface area (TPSA) is 119 Å². The van der Waals surface area contributed by atoms with E-state index in [1.54, 1.807) is 52.7 Å². The zero-order valence-corrected chi connectivity index (χ0v) is 21.8. The number of urea groups is 1. The fraction of sp³-hybridized carbons (Fsp3) is 0.115. The number of halogens is 1. The third-order valence-electron chi connectivity index (χ3n) is 5.22. The molecule has 5 aromatic rings. The van der Waals surface area contributed by atoms with E-state index in [0.717, 1.165) is 28.5 Å². The first-order chi connectivity index (χ1) is 18.6. The van der Waals surface area contributed by atoms with Gasteiger partial charge in [-0.1, -0.05) is 29.9 Å². The third-order valence-corrected chi connectivity index (χ3v) is 6.46. The molecule has 0 radical (unpaired) electrons. The molecule has 0 spiro atoms. The number of ether oxygens (including phenoxy) is 1. The summed E-state index contributed by atoms with van der Waals surface area (Å²) in [5, 5.41) is 14.4. The van der Waals surface area contributed by atoms with E-state index in [4.69, 9.17) is 16.3 Å². The Balaban J connectivity index is 1.18. The number of carbonyl (C=O) groups excluding carboxylic acids is 1. The Kier molecular flexibility index (Phi) is 7.76. The maximum Gasteiger partial charge on any atom is 0.323 e. The van der Waals surface area contributed by atoms with E-state index in [2.05, 4.69) is 42.9 Å². The summed E-state index contributed by atoms with van der Waals surface area (Å²) in [4.78, 5) is 26.5. The maximum absolute atomic E-state index is 12.6. The predicted molar refractivity (Wildman–Crippen MR) is 150 cm³/mol. The summed E-state index contributed by atoms with van der Waals surface area (Å²) in [6, 6.07) is 14.2. The van der Waals surface area contributed by atoms with Crippen LogP contribution >= 0.6 is 22.9 Å². The van der Waals surface area contributed by atoms with Gasteiger partial charge >= 0.3 is 12.0 Å². The van der Waals surface area contributed by atoms with E-state index in [1.165, 1.54) is 12.4 Å². The van der Waals surface area contributed by atoms with Crippen LogP contribution in [0.1, 0.15) is 13.3 Å². The molecule has 0 saturated heterocycles. The molecule has 0 aliphatic carbocycles. The molecule has 2 aromatic carbocycles. The summed E-state index contributed by atoms with van der Waals surface area (Å²) in [5.41, 5.74) is 2.60. The lowest BCUT2D eigenvalue weighted by Gasteiger charge is -2.12. The number of benzene rings is 2. The zero-order chi connectivity index (χ0) is 26.3. The van der Waals surface area contributed by atoms with E-state index in [0.29, 0.717) is 27.8 Å². The second-order valence-corrected chi connectivity index (χ2v) is 9.50. The predicted octanol–water partition coefficient (Wildman–Crippen LogP) is 6.70. The van der Waals surface area contributed by atoms with Gasteiger partial charge in [0.25, 0.3) is 0 Å². The van der Waals surface area contributed by atoms with Gasteiger partial charge in [0.05, 0.1) is 34.3 Å². The summed E-state index contributed by atoms with van der Waals surface area (Å²) < 4.78 is 7.39. The monoisotopic (exact) mass is 546 g/mol. The van der Waals surface area contributed by atoms with Gasteiger partial charge in [0, 0.05) is 30.2 Å². The largest absolute Gasteiger partial charge is 0.424 e. The number of thiazole rings is 1. The first kappa shape index (κ1) is 25.2. The van der Waals surface area contributed by atoms with Crippen LogP contribution in [-0.2, 0) is 0 Å². The summed E-state index contributed by atoms with van der Waals surface area (Å²) >= 11 is 7.73. The Bertz CT molecular complexity index is 1510. The van der Waals surface area contributed by atoms with Gasteiger partial charge in [-0.2, -0.15) is 5.10 Å². The van der Waals surface area contributed by atoms with Crippen LogP contribution in [0.2, 0.25) is 5.02 Å². The average Bonchev–Trinajstić information content (AvgIpc) is 3.62. The highest BCUT2D eigenvalue weighted by molar-refractivity contribution is 7.18. The molecule has 3 aromatic heterocycles. The molecule has 192 valence electrons. The molecular formula is C26H23ClN8O2S. The van der Waals surface area contributed by atoms with Crippen LogP contribution in [0, 0.1) is 0 Å². The number of nitrogens with zero attached hydrogens (tertiary/aromatic N) is 5. The van der Waals surface area contributed by atoms with Crippen molar-refractivity contribution in [2.24, 2.45) is 0 Å². The van der Waals surface area contributed by atoms with Crippen LogP contribution < -0.4 is 20.7 Å². The summed E-state index contributed by atoms with van der Waals surface area (Å²) in [6.45, 7) is 3.01. The van der Waals surface area contributed by atoms with Crippen LogP contribution in [0.5, 0.6) is 11.8 Å². The van der Waals surface area contributed by atoms with Gasteiger partial charge in [0.15, 0.2) is 5.13 Å². The van der Waals surface area contributed by atoms with E-state index in [1.807, 2.05) is 30.5 Å². The van der Waals surface area contributed by atoms with Crippen LogP contribution in [0.15, 0.2) is 79.5 Å². The minimum absolute atomic E-state index is 0.156. The van der Waals surface area contributed by atoms with Crippen molar-refractivity contribution in [1.82, 2.24) is 24.7 Å². The molecule has 0 aliphatic rings. The van der Waals surface area contributed by atoms with Crippen LogP contribution in [-0.4, -0.2) is 37.3 Å². The van der Waals surface area contributed by atoms with Crippen molar-refractivity contribution in [3.8, 4) is 27.9 Å². The van der Waals surface area contributed by atoms with Gasteiger partial charge in [-0.15, -0.1) is 0 Å². The van der Waals surface area contributed by atoms with Crippen molar-refractivity contribution in [2.45, 2.75) is 13.3 Å². The summed E-state index contributed by atoms with van der Waals surface area (Å²) in [6.07, 6.45) is 9.25. The van der Waals surface area contributed by atoms with E-state index >= 15 is 0 Å². The number of hydrogen-bond donors (Lipinski definition) is 3. The Morgan fingerprint density at radius 2 is 1.87 bits per heavy atom. The molecule has 0 saturated carbocycles. The van der Waals surface area contributed by atoms with E-state index < -0.39 is 6.03 Å². The second kappa shape index (κ2) is 11.7. The summed E-state index contributed by atoms with van der Waals surface area (Å²) in [5.74, 6) is 0.591. The van der Waals surface area contributed by atoms with E-state index in [9.17, 15) is 4.79 Å². The number of hydrogen-bond acceptors (Lipinski definition) is 8. The standard InChI is InChI=1S/C26H23ClN8O2S/c1-2-10-28-26-31-16-23(38-26)17-4-7-20(8-5-17)37-25-29-14-19(15-30-25)33-24(36)34-21-13-18(27)6-9-22(21)35-12-3-11-32-35/h3-9,11-16H,2,10H2,1H3,(H,28,31)(H2,33,34,36). The molecule has 0 bridgehead atoms. The van der Waals surface area contributed by atoms with Crippen molar-refractivity contribution >= 4 is 45.5 Å². The molecule has 3 heterocycles. The van der Waals surface area contributed by atoms with Crippen LogP contribution in [0.25, 0.3) is 16.1 Å². The van der Waals surface area contributed by atoms with Gasteiger partial charge < -0.3 is 20.7 Å². The Morgan fingerprint density at radius 3 is 2.61 bits per heavy atom. The van der Waals surface area contributed by atoms with Gasteiger partial charge in [-0.25, -0.2) is 24.4 Å². The van der Waals surface area contributed by atoms with Crippen molar-refractivity contribution in [3.63, 3.8) is 0 Å². The molecule has 12 heteroatoms. The molecule has 38 heavy (non-hydrogen) atoms. The normalized spacial score (nSPS) is 10.7. The van der Waals surface area contributed by atoms with Gasteiger partial charge in [-0.05, 0) is 60.5 Å². The number of aromatic nitrogens is 5. The van der Waals surface area contributed by atoms with Crippen LogP contribution in [0.4, 0.5) is 21.3 Å². The SMILES string of the molecule is CCCNc1ncc(-c2ccc(Oc3ncc(NC(=O)Nc4cc(Cl)ccc4-n4cccn4)cn3)cc2)s1. The minimum atomic E-state index is -0.482. The first-order valence-electron chi connectivity index (χ1n) is 11.7. The highest BCUT2D eigenvalue weighted by Gasteiger charge is 2.11. The third kappa shape index (κ3) is 6.25. The number of anilines is 3. The highest BCUT2D eigenvalue weighted by atomic mass is 35.5. The lowest BCUT2D eigenvalue weighted by molar-refractivity contribution is 0.262. The van der Waals surface area contributed by atoms with Crippen molar-refractivity contribution in [2.75, 3.05) is 22.5 Å². The fourth-order valence-corrected chi connectivity index (χ4v) is 4.47. The van der Waals surface area contributed by atoms with E-state index in [-0.39, 0.29) is 6.01 Å². The van der Waals surface area contributed by atoms with Gasteiger partial charge in [0.2, 0.25) is 0 Å². The Morgan fingerprint density at radius 1 is 1.05 bits per heavy atom. The van der Waals surface area contributed by atoms with Crippen molar-refractivity contribution in [1.29, 1.82) is 0 Å². The molecule has 0 unspecified atom stereocenters. The Hall–Kier alpha value is -4.48. The minimum Gasteiger partial charge on any atom is -0.424 e. The van der Waals surface area contributed by atoms with Crippen molar-refractivity contribution < 1.29 is 9.53 Å². The second-order valence-electron chi connectivity index (χ2n) is 8.03. The van der Waals surface area contributed by atoms with Crippen LogP contribution in [0.3, 0.4) is 0 Å². The number of carbonyl (C=O) groups is 1. The highest BCUT2D eigenvalue weighted by Crippen LogP contribution is 2.31. The summed E-state index contributed by atoms with van der Waals surface area (Å²) in [7, 11) is 0. The number of rotatable bonds is 9. The lowest BCUT2D eigenvalue weighted by atomic mass is 10.2.